The fourth-order valence-electron chi connectivity index (χ4n) is 3.79. The Kier molecular flexibility index (Phi) is 13.3. The minimum Gasteiger partial charge on any atom is -0.481 e. The van der Waals surface area contributed by atoms with Crippen LogP contribution in [-0.2, 0) is 33.6 Å². The molecule has 1 rings (SSSR count). The molecule has 4 amide bonds. The van der Waals surface area contributed by atoms with Gasteiger partial charge in [-0.25, -0.2) is 4.79 Å². The van der Waals surface area contributed by atoms with Crippen LogP contribution in [0.15, 0.2) is 0 Å². The van der Waals surface area contributed by atoms with Gasteiger partial charge in [0.05, 0.1) is 18.6 Å². The molecule has 16 heteroatoms. The van der Waals surface area contributed by atoms with Gasteiger partial charge in [-0.2, -0.15) is 0 Å². The molecule has 6 atom stereocenters. The van der Waals surface area contributed by atoms with Crippen molar-refractivity contribution in [3.8, 4) is 0 Å². The van der Waals surface area contributed by atoms with Crippen molar-refractivity contribution in [3.63, 3.8) is 0 Å². The lowest BCUT2D eigenvalue weighted by atomic mass is 10.0. The predicted octanol–water partition coefficient (Wildman–Crippen LogP) is -2.86. The van der Waals surface area contributed by atoms with Gasteiger partial charge in [0, 0.05) is 6.42 Å². The van der Waals surface area contributed by atoms with E-state index in [-0.39, 0.29) is 6.42 Å². The van der Waals surface area contributed by atoms with E-state index in [2.05, 4.69) is 26.6 Å². The number of aliphatic hydroxyl groups is 1. The normalized spacial score (nSPS) is 18.6. The summed E-state index contributed by atoms with van der Waals surface area (Å²) in [7, 11) is 0. The summed E-state index contributed by atoms with van der Waals surface area (Å²) in [6, 6.07) is -6.85. The van der Waals surface area contributed by atoms with E-state index in [4.69, 9.17) is 5.11 Å². The number of amides is 4. The van der Waals surface area contributed by atoms with Crippen molar-refractivity contribution in [2.45, 2.75) is 89.2 Å². The highest BCUT2D eigenvalue weighted by Gasteiger charge is 2.35. The molecule has 39 heavy (non-hydrogen) atoms. The summed E-state index contributed by atoms with van der Waals surface area (Å²) >= 11 is 0. The number of hydrogen-bond donors (Lipinski definition) is 9. The van der Waals surface area contributed by atoms with Crippen LogP contribution in [0.5, 0.6) is 0 Å². The van der Waals surface area contributed by atoms with Gasteiger partial charge >= 0.3 is 17.9 Å². The number of nitrogens with one attached hydrogen (secondary N) is 5. The summed E-state index contributed by atoms with van der Waals surface area (Å²) in [6.45, 7) is 4.73. The van der Waals surface area contributed by atoms with Crippen LogP contribution in [0.2, 0.25) is 0 Å². The molecule has 0 aromatic rings. The second kappa shape index (κ2) is 15.6. The van der Waals surface area contributed by atoms with E-state index in [1.165, 1.54) is 13.8 Å². The number of aliphatic hydroxyl groups excluding tert-OH is 1. The molecule has 1 aliphatic rings. The first-order valence-electron chi connectivity index (χ1n) is 12.4. The molecule has 9 N–H and O–H groups in total. The van der Waals surface area contributed by atoms with Gasteiger partial charge in [-0.15, -0.1) is 0 Å². The standard InChI is InChI=1S/C23H37N5O11/c1-10(2)17(23(38)39)27-21(36)14(9-16(32)33)26-22(37)18(11(3)29)28-20(35)13(6-7-15(30)31)25-19(34)12-5-4-8-24-12/h10-14,17-18,24,29H,4-9H2,1-3H3,(H,25,34)(H,26,37)(H,27,36)(H,28,35)(H,30,31)(H,32,33)(H,38,39)/t11-,12+,13+,14+,17+,18+/m1/s1. The predicted molar refractivity (Wildman–Crippen MR) is 132 cm³/mol. The molecule has 1 heterocycles. The molecule has 1 saturated heterocycles. The van der Waals surface area contributed by atoms with Crippen LogP contribution < -0.4 is 26.6 Å². The molecule has 0 saturated carbocycles. The Labute approximate surface area is 224 Å². The quantitative estimate of drug-likeness (QED) is 0.0925. The Morgan fingerprint density at radius 1 is 0.795 bits per heavy atom. The Bertz CT molecular complexity index is 933. The number of carboxylic acids is 3. The second-order valence-electron chi connectivity index (χ2n) is 9.60. The Hall–Kier alpha value is -3.79. The van der Waals surface area contributed by atoms with Crippen LogP contribution >= 0.6 is 0 Å². The van der Waals surface area contributed by atoms with Crippen molar-refractivity contribution in [3.05, 3.63) is 0 Å². The second-order valence-corrected chi connectivity index (χ2v) is 9.60. The highest BCUT2D eigenvalue weighted by molar-refractivity contribution is 5.96. The fraction of sp³-hybridized carbons (Fsp3) is 0.696. The molecule has 1 fully saturated rings. The van der Waals surface area contributed by atoms with Gasteiger partial charge in [0.15, 0.2) is 0 Å². The van der Waals surface area contributed by atoms with Crippen LogP contribution in [-0.4, -0.2) is 105 Å². The molecule has 16 nitrogen and oxygen atoms in total. The van der Waals surface area contributed by atoms with E-state index in [0.29, 0.717) is 13.0 Å². The van der Waals surface area contributed by atoms with E-state index in [1.54, 1.807) is 0 Å². The van der Waals surface area contributed by atoms with E-state index >= 15 is 0 Å². The molecule has 0 unspecified atom stereocenters. The third-order valence-corrected chi connectivity index (χ3v) is 5.96. The summed E-state index contributed by atoms with van der Waals surface area (Å²) in [5.41, 5.74) is 0. The number of hydrogen-bond acceptors (Lipinski definition) is 9. The number of rotatable bonds is 16. The third kappa shape index (κ3) is 11.2. The first-order valence-corrected chi connectivity index (χ1v) is 12.4. The van der Waals surface area contributed by atoms with Gasteiger partial charge in [0.1, 0.15) is 24.2 Å². The molecule has 1 aliphatic heterocycles. The zero-order chi connectivity index (χ0) is 29.9. The molecule has 220 valence electrons. The van der Waals surface area contributed by atoms with E-state index in [9.17, 15) is 48.9 Å². The molecule has 0 spiro atoms. The first-order chi connectivity index (χ1) is 18.1. The Balaban J connectivity index is 3.05. The van der Waals surface area contributed by atoms with Crippen LogP contribution in [0.4, 0.5) is 0 Å². The number of carbonyl (C=O) groups is 7. The minimum atomic E-state index is -1.76. The number of aliphatic carboxylic acids is 3. The lowest BCUT2D eigenvalue weighted by Crippen LogP contribution is -2.61. The molecule has 0 bridgehead atoms. The third-order valence-electron chi connectivity index (χ3n) is 5.96. The van der Waals surface area contributed by atoms with E-state index in [0.717, 1.165) is 13.3 Å². The van der Waals surface area contributed by atoms with Crippen molar-refractivity contribution >= 4 is 41.5 Å². The number of carbonyl (C=O) groups excluding carboxylic acids is 4. The van der Waals surface area contributed by atoms with Crippen molar-refractivity contribution in [1.82, 2.24) is 26.6 Å². The van der Waals surface area contributed by atoms with Gasteiger partial charge < -0.3 is 47.0 Å². The number of carboxylic acid groups (broad SMARTS) is 3. The molecular weight excluding hydrogens is 522 g/mol. The highest BCUT2D eigenvalue weighted by Crippen LogP contribution is 2.08. The van der Waals surface area contributed by atoms with E-state index in [1.807, 2.05) is 0 Å². The lowest BCUT2D eigenvalue weighted by molar-refractivity contribution is -0.145. The fourth-order valence-corrected chi connectivity index (χ4v) is 3.79. The maximum absolute atomic E-state index is 12.9. The van der Waals surface area contributed by atoms with Crippen molar-refractivity contribution in [2.24, 2.45) is 5.92 Å². The van der Waals surface area contributed by atoms with Crippen LogP contribution in [0.3, 0.4) is 0 Å². The summed E-state index contributed by atoms with van der Waals surface area (Å²) in [6.07, 6.45) is -2.10. The topological polar surface area (TPSA) is 261 Å². The largest absolute Gasteiger partial charge is 0.481 e. The zero-order valence-electron chi connectivity index (χ0n) is 21.9. The van der Waals surface area contributed by atoms with E-state index < -0.39 is 96.6 Å². The monoisotopic (exact) mass is 559 g/mol. The lowest BCUT2D eigenvalue weighted by Gasteiger charge is -2.27. The van der Waals surface area contributed by atoms with Crippen LogP contribution in [0.1, 0.15) is 52.9 Å². The summed E-state index contributed by atoms with van der Waals surface area (Å²) in [4.78, 5) is 84.8. The first kappa shape index (κ1) is 33.2. The molecule has 0 aromatic heterocycles. The Morgan fingerprint density at radius 3 is 1.85 bits per heavy atom. The van der Waals surface area contributed by atoms with Crippen molar-refractivity contribution in [1.29, 1.82) is 0 Å². The average Bonchev–Trinajstić information content (AvgIpc) is 3.36. The summed E-state index contributed by atoms with van der Waals surface area (Å²) < 4.78 is 0. The Morgan fingerprint density at radius 2 is 1.38 bits per heavy atom. The van der Waals surface area contributed by atoms with Gasteiger partial charge in [-0.1, -0.05) is 13.8 Å². The van der Waals surface area contributed by atoms with Crippen LogP contribution in [0, 0.1) is 5.92 Å². The molecular formula is C23H37N5O11. The molecule has 0 radical (unpaired) electrons. The molecule has 0 aliphatic carbocycles. The zero-order valence-corrected chi connectivity index (χ0v) is 21.9. The van der Waals surface area contributed by atoms with Crippen LogP contribution in [0.25, 0.3) is 0 Å². The maximum atomic E-state index is 12.9. The minimum absolute atomic E-state index is 0.330. The molecule has 0 aromatic carbocycles. The maximum Gasteiger partial charge on any atom is 0.326 e. The SMILES string of the molecule is CC(C)[C@H](NC(=O)[C@H](CC(=O)O)NC(=O)[C@@H](NC(=O)[C@H](CCC(=O)O)NC(=O)[C@@H]1CCCN1)[C@@H](C)O)C(=O)O. The van der Waals surface area contributed by atoms with Gasteiger partial charge in [0.25, 0.3) is 0 Å². The highest BCUT2D eigenvalue weighted by atomic mass is 16.4. The summed E-state index contributed by atoms with van der Waals surface area (Å²) in [5, 5.41) is 49.5. The van der Waals surface area contributed by atoms with Gasteiger partial charge in [-0.05, 0) is 38.6 Å². The van der Waals surface area contributed by atoms with Crippen molar-refractivity contribution in [2.75, 3.05) is 6.54 Å². The average molecular weight is 560 g/mol. The van der Waals surface area contributed by atoms with Gasteiger partial charge in [-0.3, -0.25) is 28.8 Å². The summed E-state index contributed by atoms with van der Waals surface area (Å²) in [5.74, 6) is -8.52. The smallest absolute Gasteiger partial charge is 0.326 e. The van der Waals surface area contributed by atoms with Crippen molar-refractivity contribution < 1.29 is 54.0 Å². The van der Waals surface area contributed by atoms with Gasteiger partial charge in [0.2, 0.25) is 23.6 Å².